The Morgan fingerprint density at radius 2 is 2.05 bits per heavy atom. The lowest BCUT2D eigenvalue weighted by Gasteiger charge is -2.09. The lowest BCUT2D eigenvalue weighted by Crippen LogP contribution is -2.05. The van der Waals surface area contributed by atoms with E-state index >= 15 is 0 Å². The van der Waals surface area contributed by atoms with Gasteiger partial charge in [-0.05, 0) is 25.1 Å². The first-order valence-corrected chi connectivity index (χ1v) is 6.05. The predicted molar refractivity (Wildman–Crippen MR) is 73.4 cm³/mol. The van der Waals surface area contributed by atoms with Gasteiger partial charge in [-0.3, -0.25) is 10.1 Å². The second-order valence-electron chi connectivity index (χ2n) is 4.27. The highest BCUT2D eigenvalue weighted by atomic mass is 16.6. The van der Waals surface area contributed by atoms with Crippen molar-refractivity contribution in [2.24, 2.45) is 0 Å². The summed E-state index contributed by atoms with van der Waals surface area (Å²) in [6, 6.07) is 9.11. The van der Waals surface area contributed by atoms with Gasteiger partial charge in [-0.15, -0.1) is 0 Å². The lowest BCUT2D eigenvalue weighted by atomic mass is 10.2. The van der Waals surface area contributed by atoms with Crippen LogP contribution >= 0.6 is 0 Å². The van der Waals surface area contributed by atoms with E-state index in [1.54, 1.807) is 25.1 Å². The molecule has 0 saturated heterocycles. The molecule has 1 aromatic carbocycles. The number of aromatic nitrogens is 1. The fourth-order valence-electron chi connectivity index (χ4n) is 1.79. The Morgan fingerprint density at radius 3 is 2.71 bits per heavy atom. The summed E-state index contributed by atoms with van der Waals surface area (Å²) in [5, 5.41) is 19.7. The smallest absolute Gasteiger partial charge is 0.354 e. The summed E-state index contributed by atoms with van der Waals surface area (Å²) in [5.41, 5.74) is 0.740. The van der Waals surface area contributed by atoms with Crippen LogP contribution in [0.1, 0.15) is 21.7 Å². The van der Waals surface area contributed by atoms with Gasteiger partial charge in [-0.2, -0.15) is 0 Å². The van der Waals surface area contributed by atoms with Crippen LogP contribution in [0, 0.1) is 17.0 Å². The van der Waals surface area contributed by atoms with Crippen molar-refractivity contribution in [2.45, 2.75) is 13.5 Å². The molecular weight excluding hydrogens is 276 g/mol. The van der Waals surface area contributed by atoms with E-state index in [1.807, 2.05) is 0 Å². The Labute approximate surface area is 120 Å². The van der Waals surface area contributed by atoms with Crippen LogP contribution in [0.2, 0.25) is 0 Å². The molecule has 0 amide bonds. The molecule has 0 aliphatic heterocycles. The average molecular weight is 288 g/mol. The summed E-state index contributed by atoms with van der Waals surface area (Å²) in [4.78, 5) is 25.1. The molecule has 0 bridgehead atoms. The first-order chi connectivity index (χ1) is 9.99. The zero-order chi connectivity index (χ0) is 15.4. The number of hydrogen-bond donors (Lipinski definition) is 1. The second-order valence-corrected chi connectivity index (χ2v) is 4.27. The molecule has 0 fully saturated rings. The van der Waals surface area contributed by atoms with E-state index in [0.717, 1.165) is 0 Å². The third-order valence-corrected chi connectivity index (χ3v) is 2.85. The van der Waals surface area contributed by atoms with Gasteiger partial charge in [0.25, 0.3) is 5.69 Å². The van der Waals surface area contributed by atoms with Gasteiger partial charge < -0.3 is 9.84 Å². The van der Waals surface area contributed by atoms with E-state index in [9.17, 15) is 14.9 Å². The maximum absolute atomic E-state index is 10.8. The molecule has 21 heavy (non-hydrogen) atoms. The van der Waals surface area contributed by atoms with Gasteiger partial charge in [0.2, 0.25) is 0 Å². The molecule has 0 unspecified atom stereocenters. The molecule has 1 heterocycles. The SMILES string of the molecule is Cc1c(OCc2cccc(C(=O)O)n2)cccc1[N+](=O)[O-]. The number of ether oxygens (including phenoxy) is 1. The van der Waals surface area contributed by atoms with Crippen LogP contribution in [0.4, 0.5) is 5.69 Å². The van der Waals surface area contributed by atoms with Crippen molar-refractivity contribution in [1.82, 2.24) is 4.98 Å². The molecule has 7 heteroatoms. The van der Waals surface area contributed by atoms with E-state index < -0.39 is 10.9 Å². The van der Waals surface area contributed by atoms with Crippen molar-refractivity contribution in [3.63, 3.8) is 0 Å². The topological polar surface area (TPSA) is 103 Å². The summed E-state index contributed by atoms with van der Waals surface area (Å²) in [6.45, 7) is 1.62. The minimum Gasteiger partial charge on any atom is -0.487 e. The normalized spacial score (nSPS) is 10.1. The molecule has 0 spiro atoms. The summed E-state index contributed by atoms with van der Waals surface area (Å²) < 4.78 is 5.49. The van der Waals surface area contributed by atoms with E-state index in [-0.39, 0.29) is 18.0 Å². The van der Waals surface area contributed by atoms with E-state index in [0.29, 0.717) is 17.0 Å². The zero-order valence-electron chi connectivity index (χ0n) is 11.1. The van der Waals surface area contributed by atoms with Crippen molar-refractivity contribution in [3.05, 3.63) is 63.5 Å². The highest BCUT2D eigenvalue weighted by Crippen LogP contribution is 2.27. The van der Waals surface area contributed by atoms with Crippen molar-refractivity contribution >= 4 is 11.7 Å². The summed E-state index contributed by atoms with van der Waals surface area (Å²) in [6.07, 6.45) is 0. The lowest BCUT2D eigenvalue weighted by molar-refractivity contribution is -0.385. The molecule has 0 saturated carbocycles. The molecule has 7 nitrogen and oxygen atoms in total. The van der Waals surface area contributed by atoms with Crippen LogP contribution in [-0.2, 0) is 6.61 Å². The Hall–Kier alpha value is -2.96. The monoisotopic (exact) mass is 288 g/mol. The molecule has 1 aromatic heterocycles. The number of benzene rings is 1. The highest BCUT2D eigenvalue weighted by molar-refractivity contribution is 5.85. The molecule has 0 aliphatic carbocycles. The number of pyridine rings is 1. The Bertz CT molecular complexity index is 700. The van der Waals surface area contributed by atoms with Gasteiger partial charge in [0.05, 0.1) is 16.2 Å². The number of carboxylic acid groups (broad SMARTS) is 1. The predicted octanol–water partition coefficient (Wildman–Crippen LogP) is 2.58. The van der Waals surface area contributed by atoms with Crippen LogP contribution in [0.5, 0.6) is 5.75 Å². The summed E-state index contributed by atoms with van der Waals surface area (Å²) in [7, 11) is 0. The third kappa shape index (κ3) is 3.33. The third-order valence-electron chi connectivity index (χ3n) is 2.85. The Balaban J connectivity index is 2.17. The Kier molecular flexibility index (Phi) is 4.13. The van der Waals surface area contributed by atoms with Gasteiger partial charge in [-0.25, -0.2) is 9.78 Å². The molecule has 2 aromatic rings. The largest absolute Gasteiger partial charge is 0.487 e. The maximum Gasteiger partial charge on any atom is 0.354 e. The minimum atomic E-state index is -1.12. The van der Waals surface area contributed by atoms with Crippen molar-refractivity contribution in [2.75, 3.05) is 0 Å². The molecule has 0 atom stereocenters. The second kappa shape index (κ2) is 6.00. The first-order valence-electron chi connectivity index (χ1n) is 6.05. The van der Waals surface area contributed by atoms with Crippen molar-refractivity contribution in [1.29, 1.82) is 0 Å². The number of nitro benzene ring substituents is 1. The van der Waals surface area contributed by atoms with Crippen molar-refractivity contribution < 1.29 is 19.6 Å². The number of nitro groups is 1. The fourth-order valence-corrected chi connectivity index (χ4v) is 1.79. The van der Waals surface area contributed by atoms with Crippen LogP contribution in [0.3, 0.4) is 0 Å². The molecule has 1 N–H and O–H groups in total. The maximum atomic E-state index is 10.8. The molecule has 108 valence electrons. The summed E-state index contributed by atoms with van der Waals surface area (Å²) >= 11 is 0. The number of carboxylic acids is 1. The van der Waals surface area contributed by atoms with Gasteiger partial charge in [0, 0.05) is 6.07 Å². The number of aromatic carboxylic acids is 1. The van der Waals surface area contributed by atoms with E-state index in [1.165, 1.54) is 18.2 Å². The number of carbonyl (C=O) groups is 1. The van der Waals surface area contributed by atoms with Gasteiger partial charge in [0.15, 0.2) is 0 Å². The van der Waals surface area contributed by atoms with Crippen LogP contribution in [-0.4, -0.2) is 21.0 Å². The Morgan fingerprint density at radius 1 is 1.33 bits per heavy atom. The van der Waals surface area contributed by atoms with Crippen LogP contribution < -0.4 is 4.74 Å². The van der Waals surface area contributed by atoms with Crippen molar-refractivity contribution in [3.8, 4) is 5.75 Å². The van der Waals surface area contributed by atoms with Gasteiger partial charge in [0.1, 0.15) is 18.1 Å². The van der Waals surface area contributed by atoms with Crippen LogP contribution in [0.15, 0.2) is 36.4 Å². The van der Waals surface area contributed by atoms with E-state index in [4.69, 9.17) is 9.84 Å². The fraction of sp³-hybridized carbons (Fsp3) is 0.143. The number of rotatable bonds is 5. The molecular formula is C14H12N2O5. The average Bonchev–Trinajstić information content (AvgIpc) is 2.46. The number of nitrogens with zero attached hydrogens (tertiary/aromatic N) is 2. The molecule has 0 radical (unpaired) electrons. The van der Waals surface area contributed by atoms with E-state index in [2.05, 4.69) is 4.98 Å². The van der Waals surface area contributed by atoms with Gasteiger partial charge >= 0.3 is 5.97 Å². The molecule has 2 rings (SSSR count). The highest BCUT2D eigenvalue weighted by Gasteiger charge is 2.14. The minimum absolute atomic E-state index is 0.0280. The zero-order valence-corrected chi connectivity index (χ0v) is 11.1. The molecule has 0 aliphatic rings. The first kappa shape index (κ1) is 14.4. The standard InChI is InChI=1S/C14H12N2O5/c1-9-12(16(19)20)6-3-7-13(9)21-8-10-4-2-5-11(15-10)14(17)18/h2-7H,8H2,1H3,(H,17,18). The summed E-state index contributed by atoms with van der Waals surface area (Å²) in [5.74, 6) is -0.755. The quantitative estimate of drug-likeness (QED) is 0.670. The van der Waals surface area contributed by atoms with Crippen LogP contribution in [0.25, 0.3) is 0 Å². The van der Waals surface area contributed by atoms with Gasteiger partial charge in [-0.1, -0.05) is 12.1 Å². The number of hydrogen-bond acceptors (Lipinski definition) is 5.